The van der Waals surface area contributed by atoms with Crippen LogP contribution in [0.2, 0.25) is 0 Å². The first-order valence-electron chi connectivity index (χ1n) is 24.1. The Morgan fingerprint density at radius 2 is 0.780 bits per heavy atom. The van der Waals surface area contributed by atoms with Gasteiger partial charge < -0.3 is 0 Å². The van der Waals surface area contributed by atoms with Crippen molar-refractivity contribution in [3.8, 4) is 0 Å². The van der Waals surface area contributed by atoms with E-state index in [9.17, 15) is 0 Å². The first-order chi connectivity index (χ1) is 24.8. The average Bonchev–Trinajstić information content (AvgIpc) is 3.71. The van der Waals surface area contributed by atoms with Crippen molar-refractivity contribution in [2.75, 3.05) is 0 Å². The first-order valence-corrected chi connectivity index (χ1v) is 24.1. The van der Waals surface area contributed by atoms with Crippen LogP contribution in [0.1, 0.15) is 199 Å². The first kappa shape index (κ1) is 34.4. The van der Waals surface area contributed by atoms with E-state index in [4.69, 9.17) is 0 Å². The van der Waals surface area contributed by atoms with Crippen molar-refractivity contribution >= 4 is 0 Å². The van der Waals surface area contributed by atoms with Crippen LogP contribution in [0.25, 0.3) is 0 Å². The number of nitrogens with zero attached hydrogens (tertiary/aromatic N) is 2. The van der Waals surface area contributed by atoms with Crippen molar-refractivity contribution in [1.29, 1.82) is 0 Å². The highest BCUT2D eigenvalue weighted by Crippen LogP contribution is 2.57. The summed E-state index contributed by atoms with van der Waals surface area (Å²) in [4.78, 5) is 6.67. The summed E-state index contributed by atoms with van der Waals surface area (Å²) < 4.78 is 0. The zero-order valence-corrected chi connectivity index (χ0v) is 32.6. The van der Waals surface area contributed by atoms with Crippen molar-refractivity contribution in [2.45, 2.75) is 241 Å². The predicted molar refractivity (Wildman–Crippen MR) is 208 cm³/mol. The van der Waals surface area contributed by atoms with Crippen LogP contribution in [-0.2, 0) is 0 Å². The molecule has 3 aliphatic heterocycles. The SMILES string of the molecule is C1CCC(C2CC(C3CCCCC3)NC(N3C4CCCCC4C4CCC(C5CCC6C7CCCCC7N(C7CCCCC7)C6C5)CC43)C2)CC1. The van der Waals surface area contributed by atoms with Gasteiger partial charge in [-0.25, -0.2) is 0 Å². The molecule has 10 rings (SSSR count). The van der Waals surface area contributed by atoms with E-state index in [0.717, 1.165) is 89.5 Å². The molecule has 3 heterocycles. The number of rotatable bonds is 5. The van der Waals surface area contributed by atoms with Crippen LogP contribution in [0, 0.1) is 53.3 Å². The van der Waals surface area contributed by atoms with Gasteiger partial charge in [-0.15, -0.1) is 0 Å². The van der Waals surface area contributed by atoms with Gasteiger partial charge in [0, 0.05) is 36.3 Å². The van der Waals surface area contributed by atoms with Gasteiger partial charge >= 0.3 is 0 Å². The van der Waals surface area contributed by atoms with E-state index in [-0.39, 0.29) is 0 Å². The maximum Gasteiger partial charge on any atom is 0.0607 e. The largest absolute Gasteiger partial charge is 0.299 e. The van der Waals surface area contributed by atoms with Gasteiger partial charge in [0.2, 0.25) is 0 Å². The lowest BCUT2D eigenvalue weighted by molar-refractivity contribution is -0.0154. The molecule has 0 aromatic carbocycles. The second kappa shape index (κ2) is 15.2. The fourth-order valence-electron chi connectivity index (χ4n) is 17.0. The summed E-state index contributed by atoms with van der Waals surface area (Å²) in [5, 5.41) is 4.61. The molecule has 13 atom stereocenters. The number of hydrogen-bond donors (Lipinski definition) is 1. The van der Waals surface area contributed by atoms with Crippen LogP contribution in [0.5, 0.6) is 0 Å². The quantitative estimate of drug-likeness (QED) is 0.311. The van der Waals surface area contributed by atoms with E-state index in [1.54, 1.807) is 70.6 Å². The Hall–Kier alpha value is -0.120. The second-order valence-corrected chi connectivity index (χ2v) is 21.1. The van der Waals surface area contributed by atoms with Gasteiger partial charge in [-0.1, -0.05) is 96.3 Å². The van der Waals surface area contributed by atoms with Crippen LogP contribution in [-0.4, -0.2) is 52.2 Å². The molecule has 50 heavy (non-hydrogen) atoms. The Balaban J connectivity index is 0.897. The molecule has 0 aromatic heterocycles. The molecule has 7 saturated carbocycles. The van der Waals surface area contributed by atoms with E-state index in [0.29, 0.717) is 6.17 Å². The predicted octanol–water partition coefficient (Wildman–Crippen LogP) is 11.5. The number of hydrogen-bond acceptors (Lipinski definition) is 3. The standard InChI is InChI=1S/C47H79N3/c1-4-14-32(15-5-1)36-28-42(33-16-6-2-7-17-33)48-47(31-36)50-44-23-13-11-21-39(44)41-27-25-35(30-46(41)50)34-24-26-40-38-20-10-12-22-43(38)49(45(40)29-34)37-18-8-3-9-19-37/h32-48H,1-31H2. The monoisotopic (exact) mass is 686 g/mol. The smallest absolute Gasteiger partial charge is 0.0607 e. The third kappa shape index (κ3) is 6.43. The maximum absolute atomic E-state index is 4.61. The molecule has 0 aromatic rings. The Morgan fingerprint density at radius 3 is 1.40 bits per heavy atom. The number of likely N-dealkylation sites (tertiary alicyclic amines) is 2. The van der Waals surface area contributed by atoms with Crippen molar-refractivity contribution in [3.63, 3.8) is 0 Å². The van der Waals surface area contributed by atoms with Gasteiger partial charge in [0.05, 0.1) is 6.17 Å². The topological polar surface area (TPSA) is 18.5 Å². The van der Waals surface area contributed by atoms with Crippen LogP contribution in [0.15, 0.2) is 0 Å². The minimum Gasteiger partial charge on any atom is -0.299 e. The van der Waals surface area contributed by atoms with Crippen molar-refractivity contribution < 1.29 is 0 Å². The third-order valence-corrected chi connectivity index (χ3v) is 19.1. The molecule has 10 fully saturated rings. The minimum absolute atomic E-state index is 0.692. The highest BCUT2D eigenvalue weighted by atomic mass is 15.3. The minimum atomic E-state index is 0.692. The Morgan fingerprint density at radius 1 is 0.300 bits per heavy atom. The zero-order chi connectivity index (χ0) is 33.0. The number of fused-ring (bicyclic) bond motifs is 6. The van der Waals surface area contributed by atoms with Gasteiger partial charge in [-0.2, -0.15) is 0 Å². The average molecular weight is 686 g/mol. The van der Waals surface area contributed by atoms with Gasteiger partial charge in [0.1, 0.15) is 0 Å². The molecule has 7 aliphatic carbocycles. The molecular formula is C47H79N3. The summed E-state index contributed by atoms with van der Waals surface area (Å²) in [5.74, 6) is 9.21. The van der Waals surface area contributed by atoms with E-state index in [1.165, 1.54) is 128 Å². The van der Waals surface area contributed by atoms with Gasteiger partial charge in [-0.3, -0.25) is 15.1 Å². The number of piperidine rings is 1. The lowest BCUT2D eigenvalue weighted by Gasteiger charge is -2.51. The van der Waals surface area contributed by atoms with Gasteiger partial charge in [-0.05, 0) is 156 Å². The van der Waals surface area contributed by atoms with Crippen LogP contribution >= 0.6 is 0 Å². The normalized spacial score (nSPS) is 48.8. The lowest BCUT2D eigenvalue weighted by atomic mass is 9.63. The molecule has 3 saturated heterocycles. The highest BCUT2D eigenvalue weighted by Gasteiger charge is 2.57. The van der Waals surface area contributed by atoms with Crippen LogP contribution in [0.3, 0.4) is 0 Å². The highest BCUT2D eigenvalue weighted by molar-refractivity contribution is 5.10. The van der Waals surface area contributed by atoms with Crippen LogP contribution in [0.4, 0.5) is 0 Å². The summed E-state index contributed by atoms with van der Waals surface area (Å²) in [7, 11) is 0. The molecule has 13 unspecified atom stereocenters. The summed E-state index contributed by atoms with van der Waals surface area (Å²) in [6.07, 6.45) is 48.4. The zero-order valence-electron chi connectivity index (χ0n) is 32.6. The molecule has 0 amide bonds. The van der Waals surface area contributed by atoms with Crippen molar-refractivity contribution in [2.24, 2.45) is 53.3 Å². The molecule has 0 bridgehead atoms. The summed E-state index contributed by atoms with van der Waals surface area (Å²) >= 11 is 0. The Kier molecular flexibility index (Phi) is 10.4. The molecule has 1 N–H and O–H groups in total. The second-order valence-electron chi connectivity index (χ2n) is 21.1. The molecule has 3 heteroatoms. The lowest BCUT2D eigenvalue weighted by Crippen LogP contribution is -2.61. The van der Waals surface area contributed by atoms with Crippen molar-refractivity contribution in [1.82, 2.24) is 15.1 Å². The van der Waals surface area contributed by atoms with E-state index < -0.39 is 0 Å². The molecule has 10 aliphatic rings. The Bertz CT molecular complexity index is 1080. The summed E-state index contributed by atoms with van der Waals surface area (Å²) in [5.41, 5.74) is 0. The fourth-order valence-corrected chi connectivity index (χ4v) is 17.0. The van der Waals surface area contributed by atoms with Gasteiger partial charge in [0.15, 0.2) is 0 Å². The van der Waals surface area contributed by atoms with Crippen LogP contribution < -0.4 is 5.32 Å². The van der Waals surface area contributed by atoms with E-state index in [1.807, 2.05) is 0 Å². The molecule has 0 spiro atoms. The van der Waals surface area contributed by atoms with Gasteiger partial charge in [0.25, 0.3) is 0 Å². The maximum atomic E-state index is 4.61. The van der Waals surface area contributed by atoms with E-state index >= 15 is 0 Å². The molecular weight excluding hydrogens is 607 g/mol. The summed E-state index contributed by atoms with van der Waals surface area (Å²) in [6.45, 7) is 0. The molecule has 0 radical (unpaired) electrons. The molecule has 282 valence electrons. The summed E-state index contributed by atoms with van der Waals surface area (Å²) in [6, 6.07) is 5.48. The third-order valence-electron chi connectivity index (χ3n) is 19.1. The van der Waals surface area contributed by atoms with Crippen molar-refractivity contribution in [3.05, 3.63) is 0 Å². The number of nitrogens with one attached hydrogen (secondary N) is 1. The Labute approximate surface area is 309 Å². The fraction of sp³-hybridized carbons (Fsp3) is 1.00. The molecule has 3 nitrogen and oxygen atoms in total. The van der Waals surface area contributed by atoms with E-state index in [2.05, 4.69) is 15.1 Å².